The predicted molar refractivity (Wildman–Crippen MR) is 248 cm³/mol. The first kappa shape index (κ1) is 47.1. The second-order valence-corrected chi connectivity index (χ2v) is 14.1. The van der Waals surface area contributed by atoms with Crippen LogP contribution in [0.2, 0.25) is 0 Å². The number of nitrogens with zero attached hydrogens (tertiary/aromatic N) is 6. The van der Waals surface area contributed by atoms with Gasteiger partial charge in [-0.2, -0.15) is 19.6 Å². The minimum atomic E-state index is -1.14. The van der Waals surface area contributed by atoms with Crippen LogP contribution < -0.4 is 0 Å². The second kappa shape index (κ2) is 21.8. The molecule has 66 heavy (non-hydrogen) atoms. The molecule has 0 spiro atoms. The van der Waals surface area contributed by atoms with E-state index in [0.717, 1.165) is 27.9 Å². The fourth-order valence-corrected chi connectivity index (χ4v) is 6.93. The van der Waals surface area contributed by atoms with Crippen molar-refractivity contribution in [1.82, 2.24) is 19.6 Å². The van der Waals surface area contributed by atoms with E-state index in [4.69, 9.17) is 4.74 Å². The molecule has 6 aromatic carbocycles. The van der Waals surface area contributed by atoms with Crippen molar-refractivity contribution in [3.63, 3.8) is 0 Å². The number of carboxylic acid groups (broad SMARTS) is 2. The molecule has 0 bridgehead atoms. The number of carbonyl (C=O) groups is 3. The molecule has 2 aromatic heterocycles. The average molecular weight is 926 g/mol. The number of hydrogen-bond acceptors (Lipinski definition) is 10. The van der Waals surface area contributed by atoms with E-state index in [1.54, 1.807) is 49.4 Å². The molecular formula is C51H42CoN6O8. The number of aromatic hydroxyl groups is 2. The van der Waals surface area contributed by atoms with Gasteiger partial charge in [0.05, 0.1) is 57.3 Å². The van der Waals surface area contributed by atoms with Gasteiger partial charge in [0.25, 0.3) is 0 Å². The SMILES string of the molecule is CCOC(=O)c1nn(-c2ccccc2-c2ccccc2)c(O)c1C=Nc1ccccc1C(=O)O.CCc1nn(-c2ccccc2-c2ccccc2)c(O)c1C=Nc1ccccc1C(=O)O.[Co]. The number of aliphatic imine (C=N–C) groups is 2. The van der Waals surface area contributed by atoms with Gasteiger partial charge < -0.3 is 25.2 Å². The van der Waals surface area contributed by atoms with Crippen molar-refractivity contribution in [1.29, 1.82) is 0 Å². The van der Waals surface area contributed by atoms with Crippen molar-refractivity contribution in [2.24, 2.45) is 9.98 Å². The Bertz CT molecular complexity index is 3060. The van der Waals surface area contributed by atoms with Crippen molar-refractivity contribution >= 4 is 41.7 Å². The number of para-hydroxylation sites is 4. The van der Waals surface area contributed by atoms with Crippen LogP contribution in [0.4, 0.5) is 11.4 Å². The van der Waals surface area contributed by atoms with Crippen LogP contribution in [0.1, 0.15) is 61.9 Å². The van der Waals surface area contributed by atoms with Gasteiger partial charge in [0, 0.05) is 40.3 Å². The minimum Gasteiger partial charge on any atom is -0.493 e. The Morgan fingerprint density at radius 1 is 0.561 bits per heavy atom. The van der Waals surface area contributed by atoms with Gasteiger partial charge in [-0.05, 0) is 60.9 Å². The van der Waals surface area contributed by atoms with Crippen LogP contribution in [-0.4, -0.2) is 76.9 Å². The number of aryl methyl sites for hydroxylation is 1. The molecule has 0 saturated heterocycles. The van der Waals surface area contributed by atoms with E-state index in [9.17, 15) is 34.8 Å². The molecule has 2 heterocycles. The van der Waals surface area contributed by atoms with Crippen LogP contribution in [-0.2, 0) is 27.9 Å². The molecule has 4 N–H and O–H groups in total. The number of rotatable bonds is 13. The number of carboxylic acids is 2. The molecule has 0 aliphatic heterocycles. The van der Waals surface area contributed by atoms with Gasteiger partial charge in [0.1, 0.15) is 0 Å². The summed E-state index contributed by atoms with van der Waals surface area (Å²) in [7, 11) is 0. The molecule has 8 aromatic rings. The second-order valence-electron chi connectivity index (χ2n) is 14.1. The molecule has 0 unspecified atom stereocenters. The molecule has 0 saturated carbocycles. The quantitative estimate of drug-likeness (QED) is 0.0637. The van der Waals surface area contributed by atoms with E-state index in [2.05, 4.69) is 20.2 Å². The van der Waals surface area contributed by atoms with Crippen LogP contribution in [0, 0.1) is 0 Å². The maximum atomic E-state index is 12.6. The monoisotopic (exact) mass is 925 g/mol. The van der Waals surface area contributed by atoms with Crippen LogP contribution in [0.15, 0.2) is 168 Å². The molecule has 0 atom stereocenters. The Labute approximate surface area is 389 Å². The zero-order valence-corrected chi connectivity index (χ0v) is 36.6. The molecule has 14 nitrogen and oxygen atoms in total. The van der Waals surface area contributed by atoms with Gasteiger partial charge in [-0.1, -0.05) is 128 Å². The molecular weight excluding hydrogens is 884 g/mol. The van der Waals surface area contributed by atoms with E-state index < -0.39 is 17.9 Å². The molecule has 0 amide bonds. The van der Waals surface area contributed by atoms with E-state index in [0.29, 0.717) is 29.1 Å². The third kappa shape index (κ3) is 10.3. The molecule has 0 fully saturated rings. The maximum absolute atomic E-state index is 12.6. The van der Waals surface area contributed by atoms with Crippen LogP contribution in [0.3, 0.4) is 0 Å². The topological polar surface area (TPSA) is 202 Å². The Kier molecular flexibility index (Phi) is 15.5. The third-order valence-electron chi connectivity index (χ3n) is 10.0. The van der Waals surface area contributed by atoms with Crippen molar-refractivity contribution in [3.05, 3.63) is 191 Å². The number of carbonyl (C=O) groups excluding carboxylic acids is 1. The summed E-state index contributed by atoms with van der Waals surface area (Å²) in [6.45, 7) is 3.72. The van der Waals surface area contributed by atoms with Crippen molar-refractivity contribution in [3.8, 4) is 45.4 Å². The summed E-state index contributed by atoms with van der Waals surface area (Å²) < 4.78 is 7.87. The number of hydrogen-bond donors (Lipinski definition) is 4. The summed E-state index contributed by atoms with van der Waals surface area (Å²) in [5, 5.41) is 49.8. The van der Waals surface area contributed by atoms with Gasteiger partial charge in [0.15, 0.2) is 5.69 Å². The molecule has 1 radical (unpaired) electrons. The molecule has 8 rings (SSSR count). The summed E-state index contributed by atoms with van der Waals surface area (Å²) in [6.07, 6.45) is 3.28. The van der Waals surface area contributed by atoms with Crippen molar-refractivity contribution in [2.45, 2.75) is 20.3 Å². The van der Waals surface area contributed by atoms with Crippen molar-refractivity contribution < 1.29 is 56.3 Å². The van der Waals surface area contributed by atoms with E-state index in [1.807, 2.05) is 104 Å². The minimum absolute atomic E-state index is 0. The first-order valence-corrected chi connectivity index (χ1v) is 20.4. The van der Waals surface area contributed by atoms with E-state index in [1.165, 1.54) is 40.0 Å². The Morgan fingerprint density at radius 3 is 1.44 bits per heavy atom. The standard InChI is InChI=1S/C26H21N3O5.C25H21N3O3.Co/c1-2-34-26(33)23-20(16-27-21-14-8-6-13-19(21)25(31)32)24(30)29(28-23)22-15-9-7-12-18(22)17-10-4-3-5-11-17;1-2-21-20(16-26-22-14-8-6-13-19(22)25(30)31)24(29)28(27-21)23-15-9-7-12-18(23)17-10-4-3-5-11-17;/h3-16,30H,2H2,1H3,(H,31,32);3-16,29H,2H2,1H3,(H,30,31);. The number of ether oxygens (including phenoxy) is 1. The third-order valence-corrected chi connectivity index (χ3v) is 10.0. The summed E-state index contributed by atoms with van der Waals surface area (Å²) in [6, 6.07) is 47.1. The van der Waals surface area contributed by atoms with Gasteiger partial charge >= 0.3 is 17.9 Å². The molecule has 15 heteroatoms. The van der Waals surface area contributed by atoms with Crippen LogP contribution in [0.5, 0.6) is 11.8 Å². The molecule has 0 aliphatic carbocycles. The first-order chi connectivity index (χ1) is 31.6. The van der Waals surface area contributed by atoms with Gasteiger partial charge in [-0.3, -0.25) is 9.98 Å². The predicted octanol–water partition coefficient (Wildman–Crippen LogP) is 10.1. The number of benzene rings is 6. The smallest absolute Gasteiger partial charge is 0.359 e. The Morgan fingerprint density at radius 2 is 0.970 bits per heavy atom. The largest absolute Gasteiger partial charge is 0.493 e. The van der Waals surface area contributed by atoms with E-state index >= 15 is 0 Å². The number of aromatic nitrogens is 4. The van der Waals surface area contributed by atoms with E-state index in [-0.39, 0.29) is 63.2 Å². The summed E-state index contributed by atoms with van der Waals surface area (Å²) in [5.74, 6) is -3.31. The van der Waals surface area contributed by atoms with Gasteiger partial charge in [-0.15, -0.1) is 0 Å². The van der Waals surface area contributed by atoms with Crippen molar-refractivity contribution in [2.75, 3.05) is 6.61 Å². The Hall–Kier alpha value is -8.40. The van der Waals surface area contributed by atoms with Crippen LogP contribution in [0.25, 0.3) is 33.6 Å². The normalized spacial score (nSPS) is 10.9. The number of esters is 1. The summed E-state index contributed by atoms with van der Waals surface area (Å²) in [4.78, 5) is 44.1. The fraction of sp³-hybridized carbons (Fsp3) is 0.0784. The Balaban J connectivity index is 0.000000216. The zero-order chi connectivity index (χ0) is 45.9. The van der Waals surface area contributed by atoms with Crippen LogP contribution >= 0.6 is 0 Å². The van der Waals surface area contributed by atoms with Gasteiger partial charge in [0.2, 0.25) is 11.8 Å². The summed E-state index contributed by atoms with van der Waals surface area (Å²) >= 11 is 0. The molecule has 333 valence electrons. The van der Waals surface area contributed by atoms with Gasteiger partial charge in [-0.25, -0.2) is 14.4 Å². The average Bonchev–Trinajstić information content (AvgIpc) is 3.85. The number of aromatic carboxylic acids is 2. The first-order valence-electron chi connectivity index (χ1n) is 20.4. The summed E-state index contributed by atoms with van der Waals surface area (Å²) in [5.41, 5.74) is 6.48. The maximum Gasteiger partial charge on any atom is 0.359 e. The fourth-order valence-electron chi connectivity index (χ4n) is 6.93. The molecule has 0 aliphatic rings. The zero-order valence-electron chi connectivity index (χ0n) is 35.5.